The number of esters is 1. The second-order valence-electron chi connectivity index (χ2n) is 9.71. The van der Waals surface area contributed by atoms with Gasteiger partial charge in [-0.3, -0.25) is 9.59 Å². The van der Waals surface area contributed by atoms with Crippen LogP contribution in [0.5, 0.6) is 0 Å². The van der Waals surface area contributed by atoms with E-state index >= 15 is 0 Å². The first-order chi connectivity index (χ1) is 16.6. The number of carbonyl (C=O) groups is 2. The summed E-state index contributed by atoms with van der Waals surface area (Å²) in [5.74, 6) is -1.91. The van der Waals surface area contributed by atoms with Crippen LogP contribution in [0.2, 0.25) is 0 Å². The predicted octanol–water partition coefficient (Wildman–Crippen LogP) is 9.18. The third kappa shape index (κ3) is 23.6. The van der Waals surface area contributed by atoms with Crippen LogP contribution in [-0.4, -0.2) is 23.7 Å². The summed E-state index contributed by atoms with van der Waals surface area (Å²) in [6, 6.07) is 0. The van der Waals surface area contributed by atoms with E-state index in [-0.39, 0.29) is 13.0 Å². The fraction of sp³-hybridized carbons (Fsp3) is 0.800. The van der Waals surface area contributed by atoms with Crippen LogP contribution in [0.3, 0.4) is 0 Å². The molecule has 0 rings (SSSR count). The van der Waals surface area contributed by atoms with Gasteiger partial charge < -0.3 is 9.84 Å². The van der Waals surface area contributed by atoms with Crippen LogP contribution in [0.4, 0.5) is 0 Å². The van der Waals surface area contributed by atoms with Gasteiger partial charge in [0.25, 0.3) is 0 Å². The van der Waals surface area contributed by atoms with Gasteiger partial charge in [0, 0.05) is 0 Å². The van der Waals surface area contributed by atoms with Gasteiger partial charge in [-0.1, -0.05) is 128 Å². The van der Waals surface area contributed by atoms with Crippen molar-refractivity contribution in [3.05, 3.63) is 24.8 Å². The van der Waals surface area contributed by atoms with Gasteiger partial charge in [-0.05, 0) is 32.1 Å². The van der Waals surface area contributed by atoms with E-state index in [4.69, 9.17) is 9.84 Å². The minimum absolute atomic E-state index is 0.139. The summed E-state index contributed by atoms with van der Waals surface area (Å²) in [5, 5.41) is 8.99. The summed E-state index contributed by atoms with van der Waals surface area (Å²) in [6.07, 6.45) is 31.2. The van der Waals surface area contributed by atoms with Crippen LogP contribution in [0.25, 0.3) is 0 Å². The molecule has 0 heterocycles. The molecule has 0 fully saturated rings. The molecule has 4 nitrogen and oxygen atoms in total. The number of hydrogen-bond donors (Lipinski definition) is 1. The quantitative estimate of drug-likeness (QED) is 0.0764. The first-order valence-electron chi connectivity index (χ1n) is 14.3. The van der Waals surface area contributed by atoms with Gasteiger partial charge in [-0.15, -0.1) is 0 Å². The molecule has 4 heteroatoms. The monoisotopic (exact) mass is 478 g/mol. The Morgan fingerprint density at radius 2 is 1.18 bits per heavy atom. The lowest BCUT2D eigenvalue weighted by Gasteiger charge is -2.13. The normalized spacial score (nSPS) is 12.1. The number of allylic oxidation sites excluding steroid dienone is 2. The zero-order valence-electron chi connectivity index (χ0n) is 22.2. The number of rotatable bonds is 26. The highest BCUT2D eigenvalue weighted by atomic mass is 16.5. The molecule has 1 N–H and O–H groups in total. The van der Waals surface area contributed by atoms with Crippen molar-refractivity contribution in [1.29, 1.82) is 0 Å². The van der Waals surface area contributed by atoms with Gasteiger partial charge in [0.15, 0.2) is 0 Å². The van der Waals surface area contributed by atoms with E-state index in [2.05, 4.69) is 25.7 Å². The SMILES string of the molecule is C=CCOC(=O)C(CCCCCC/C=C/CCCCCCCCCCCCCCC)CC(=O)O. The highest BCUT2D eigenvalue weighted by Gasteiger charge is 2.22. The maximum absolute atomic E-state index is 11.9. The Hall–Kier alpha value is -1.58. The van der Waals surface area contributed by atoms with Crippen LogP contribution >= 0.6 is 0 Å². The second-order valence-corrected chi connectivity index (χ2v) is 9.71. The third-order valence-electron chi connectivity index (χ3n) is 6.41. The van der Waals surface area contributed by atoms with Crippen molar-refractivity contribution < 1.29 is 19.4 Å². The number of aliphatic carboxylic acids is 1. The molecular formula is C30H54O4. The summed E-state index contributed by atoms with van der Waals surface area (Å²) in [4.78, 5) is 22.9. The van der Waals surface area contributed by atoms with E-state index in [1.165, 1.54) is 96.0 Å². The second kappa shape index (κ2) is 26.0. The van der Waals surface area contributed by atoms with Gasteiger partial charge in [-0.2, -0.15) is 0 Å². The molecule has 0 aliphatic rings. The number of ether oxygens (including phenoxy) is 1. The molecule has 0 radical (unpaired) electrons. The fourth-order valence-electron chi connectivity index (χ4n) is 4.30. The lowest BCUT2D eigenvalue weighted by molar-refractivity contribution is -0.152. The first kappa shape index (κ1) is 32.4. The standard InChI is InChI=1S/C30H54O4/c1-3-5-6-7-8-9-10-11-12-13-14-15-16-17-18-19-20-21-22-23-24-25-28(27-29(31)32)30(33)34-26-4-2/h4,18-19,28H,2-3,5-17,20-27H2,1H3,(H,31,32)/b19-18+. The molecule has 198 valence electrons. The first-order valence-corrected chi connectivity index (χ1v) is 14.3. The Labute approximate surface area is 210 Å². The van der Waals surface area contributed by atoms with Gasteiger partial charge in [0.1, 0.15) is 6.61 Å². The molecular weight excluding hydrogens is 424 g/mol. The lowest BCUT2D eigenvalue weighted by atomic mass is 9.97. The van der Waals surface area contributed by atoms with Crippen molar-refractivity contribution >= 4 is 11.9 Å². The molecule has 0 spiro atoms. The number of carbonyl (C=O) groups excluding carboxylic acids is 1. The lowest BCUT2D eigenvalue weighted by Crippen LogP contribution is -2.21. The molecule has 0 aromatic heterocycles. The zero-order chi connectivity index (χ0) is 25.1. The molecule has 0 aliphatic carbocycles. The number of carboxylic acids is 1. The largest absolute Gasteiger partial charge is 0.481 e. The molecule has 0 amide bonds. The average Bonchev–Trinajstić information content (AvgIpc) is 2.82. The third-order valence-corrected chi connectivity index (χ3v) is 6.41. The van der Waals surface area contributed by atoms with Crippen molar-refractivity contribution in [1.82, 2.24) is 0 Å². The number of carboxylic acid groups (broad SMARTS) is 1. The Bertz CT molecular complexity index is 512. The van der Waals surface area contributed by atoms with E-state index in [1.54, 1.807) is 0 Å². The Morgan fingerprint density at radius 1 is 0.735 bits per heavy atom. The Balaban J connectivity index is 3.46. The van der Waals surface area contributed by atoms with E-state index in [0.29, 0.717) is 6.42 Å². The van der Waals surface area contributed by atoms with Crippen LogP contribution in [0, 0.1) is 5.92 Å². The van der Waals surface area contributed by atoms with Crippen molar-refractivity contribution in [2.75, 3.05) is 6.61 Å². The molecule has 0 aromatic carbocycles. The van der Waals surface area contributed by atoms with Crippen molar-refractivity contribution in [2.24, 2.45) is 5.92 Å². The van der Waals surface area contributed by atoms with Crippen LogP contribution in [-0.2, 0) is 14.3 Å². The Kier molecular flexibility index (Phi) is 24.8. The van der Waals surface area contributed by atoms with Gasteiger partial charge in [0.05, 0.1) is 12.3 Å². The van der Waals surface area contributed by atoms with Crippen molar-refractivity contribution in [2.45, 2.75) is 142 Å². The zero-order valence-corrected chi connectivity index (χ0v) is 22.2. The molecule has 1 unspecified atom stereocenters. The van der Waals surface area contributed by atoms with Crippen LogP contribution < -0.4 is 0 Å². The number of unbranched alkanes of at least 4 members (excludes halogenated alkanes) is 17. The average molecular weight is 479 g/mol. The maximum atomic E-state index is 11.9. The Morgan fingerprint density at radius 3 is 1.62 bits per heavy atom. The number of hydrogen-bond acceptors (Lipinski definition) is 3. The topological polar surface area (TPSA) is 63.6 Å². The van der Waals surface area contributed by atoms with E-state index in [9.17, 15) is 9.59 Å². The highest BCUT2D eigenvalue weighted by molar-refractivity contribution is 5.79. The molecule has 0 aromatic rings. The summed E-state index contributed by atoms with van der Waals surface area (Å²) in [6.45, 7) is 5.93. The molecule has 0 bridgehead atoms. The molecule has 34 heavy (non-hydrogen) atoms. The van der Waals surface area contributed by atoms with Crippen molar-refractivity contribution in [3.8, 4) is 0 Å². The minimum atomic E-state index is -0.950. The van der Waals surface area contributed by atoms with Gasteiger partial charge in [0.2, 0.25) is 0 Å². The highest BCUT2D eigenvalue weighted by Crippen LogP contribution is 2.17. The minimum Gasteiger partial charge on any atom is -0.481 e. The molecule has 0 saturated carbocycles. The molecule has 1 atom stereocenters. The van der Waals surface area contributed by atoms with E-state index < -0.39 is 17.9 Å². The molecule has 0 saturated heterocycles. The summed E-state index contributed by atoms with van der Waals surface area (Å²) in [5.41, 5.74) is 0. The van der Waals surface area contributed by atoms with Gasteiger partial charge >= 0.3 is 11.9 Å². The maximum Gasteiger partial charge on any atom is 0.309 e. The molecule has 0 aliphatic heterocycles. The summed E-state index contributed by atoms with van der Waals surface area (Å²) < 4.78 is 5.02. The van der Waals surface area contributed by atoms with Gasteiger partial charge in [-0.25, -0.2) is 0 Å². The summed E-state index contributed by atoms with van der Waals surface area (Å²) in [7, 11) is 0. The van der Waals surface area contributed by atoms with Crippen LogP contribution in [0.1, 0.15) is 142 Å². The van der Waals surface area contributed by atoms with E-state index in [0.717, 1.165) is 32.1 Å². The fourth-order valence-corrected chi connectivity index (χ4v) is 4.30. The van der Waals surface area contributed by atoms with E-state index in [1.807, 2.05) is 0 Å². The van der Waals surface area contributed by atoms with Crippen molar-refractivity contribution in [3.63, 3.8) is 0 Å². The summed E-state index contributed by atoms with van der Waals surface area (Å²) >= 11 is 0. The van der Waals surface area contributed by atoms with Crippen LogP contribution in [0.15, 0.2) is 24.8 Å². The predicted molar refractivity (Wildman–Crippen MR) is 144 cm³/mol. The smallest absolute Gasteiger partial charge is 0.309 e.